The van der Waals surface area contributed by atoms with Crippen molar-refractivity contribution in [2.45, 2.75) is 32.0 Å². The molecule has 4 heteroatoms. The van der Waals surface area contributed by atoms with E-state index in [0.29, 0.717) is 13.0 Å². The average molecular weight is 167 g/mol. The number of hydrogen-bond acceptors (Lipinski definition) is 3. The molecule has 0 saturated heterocycles. The number of rotatable bonds is 1. The molecular weight excluding hydrogens is 154 g/mol. The molecule has 0 aromatic carbocycles. The normalized spacial score (nSPS) is 22.3. The summed E-state index contributed by atoms with van der Waals surface area (Å²) in [7, 11) is 0. The van der Waals surface area contributed by atoms with Crippen molar-refractivity contribution in [3.8, 4) is 0 Å². The first kappa shape index (κ1) is 7.76. The van der Waals surface area contributed by atoms with Crippen molar-refractivity contribution >= 4 is 0 Å². The van der Waals surface area contributed by atoms with Crippen LogP contribution in [0.4, 0.5) is 0 Å². The lowest BCUT2D eigenvalue weighted by Crippen LogP contribution is -2.24. The monoisotopic (exact) mass is 167 g/mol. The van der Waals surface area contributed by atoms with Crippen molar-refractivity contribution < 1.29 is 5.11 Å². The highest BCUT2D eigenvalue weighted by atomic mass is 16.3. The maximum absolute atomic E-state index is 9.35. The molecule has 1 atom stereocenters. The Bertz CT molecular complexity index is 282. The molecule has 2 rings (SSSR count). The van der Waals surface area contributed by atoms with Crippen LogP contribution in [-0.2, 0) is 19.5 Å². The third kappa shape index (κ3) is 1.13. The maximum Gasteiger partial charge on any atom is 0.111 e. The summed E-state index contributed by atoms with van der Waals surface area (Å²) >= 11 is 0. The Kier molecular flexibility index (Phi) is 1.86. The van der Waals surface area contributed by atoms with E-state index >= 15 is 0 Å². The van der Waals surface area contributed by atoms with Crippen LogP contribution in [0.1, 0.15) is 17.9 Å². The Morgan fingerprint density at radius 1 is 1.75 bits per heavy atom. The number of fused-ring (bicyclic) bond motifs is 1. The van der Waals surface area contributed by atoms with Crippen LogP contribution in [0.15, 0.2) is 6.20 Å². The summed E-state index contributed by atoms with van der Waals surface area (Å²) < 4.78 is 2.10. The molecule has 1 unspecified atom stereocenters. The lowest BCUT2D eigenvalue weighted by atomic mass is 10.1. The van der Waals surface area contributed by atoms with E-state index in [1.54, 1.807) is 6.20 Å². The second-order valence-corrected chi connectivity index (χ2v) is 3.17. The predicted molar refractivity (Wildman–Crippen MR) is 44.4 cm³/mol. The third-order valence-corrected chi connectivity index (χ3v) is 2.33. The predicted octanol–water partition coefficient (Wildman–Crippen LogP) is -0.351. The Balaban J connectivity index is 2.32. The van der Waals surface area contributed by atoms with E-state index in [0.717, 1.165) is 24.5 Å². The number of nitrogens with two attached hydrogens (primary N) is 1. The highest BCUT2D eigenvalue weighted by Crippen LogP contribution is 2.15. The number of hydrogen-bond donors (Lipinski definition) is 2. The molecular formula is C8H13N3O. The summed E-state index contributed by atoms with van der Waals surface area (Å²) in [6.45, 7) is 1.38. The molecule has 66 valence electrons. The van der Waals surface area contributed by atoms with Crippen LogP contribution < -0.4 is 5.73 Å². The van der Waals surface area contributed by atoms with Gasteiger partial charge in [-0.05, 0) is 6.42 Å². The van der Waals surface area contributed by atoms with Gasteiger partial charge in [0.1, 0.15) is 5.82 Å². The molecule has 4 nitrogen and oxygen atoms in total. The molecule has 0 radical (unpaired) electrons. The van der Waals surface area contributed by atoms with Gasteiger partial charge >= 0.3 is 0 Å². The smallest absolute Gasteiger partial charge is 0.111 e. The molecule has 2 heterocycles. The molecule has 0 bridgehead atoms. The first-order valence-corrected chi connectivity index (χ1v) is 4.22. The van der Waals surface area contributed by atoms with Crippen LogP contribution in [-0.4, -0.2) is 20.8 Å². The second-order valence-electron chi connectivity index (χ2n) is 3.17. The first-order chi connectivity index (χ1) is 5.81. The minimum atomic E-state index is -0.217. The molecule has 1 aliphatic rings. The molecule has 12 heavy (non-hydrogen) atoms. The standard InChI is InChI=1S/C8H13N3O/c9-4-6-5-10-8-3-7(12)1-2-11(6)8/h5,7,12H,1-4,9H2. The van der Waals surface area contributed by atoms with Gasteiger partial charge in [-0.25, -0.2) is 4.98 Å². The maximum atomic E-state index is 9.35. The van der Waals surface area contributed by atoms with Crippen molar-refractivity contribution in [1.82, 2.24) is 9.55 Å². The molecule has 0 fully saturated rings. The van der Waals surface area contributed by atoms with Gasteiger partial charge in [-0.2, -0.15) is 0 Å². The molecule has 0 saturated carbocycles. The lowest BCUT2D eigenvalue weighted by Gasteiger charge is -2.20. The number of nitrogens with zero attached hydrogens (tertiary/aromatic N) is 2. The highest BCUT2D eigenvalue weighted by Gasteiger charge is 2.18. The summed E-state index contributed by atoms with van der Waals surface area (Å²) in [5.74, 6) is 0.967. The zero-order valence-corrected chi connectivity index (χ0v) is 6.90. The van der Waals surface area contributed by atoms with Gasteiger partial charge in [-0.3, -0.25) is 0 Å². The number of aromatic nitrogens is 2. The van der Waals surface area contributed by atoms with E-state index in [1.807, 2.05) is 0 Å². The van der Waals surface area contributed by atoms with Crippen molar-refractivity contribution in [1.29, 1.82) is 0 Å². The van der Waals surface area contributed by atoms with Crippen LogP contribution in [0.2, 0.25) is 0 Å². The van der Waals surface area contributed by atoms with E-state index < -0.39 is 0 Å². The number of aliphatic hydroxyl groups excluding tert-OH is 1. The van der Waals surface area contributed by atoms with Gasteiger partial charge < -0.3 is 15.4 Å². The van der Waals surface area contributed by atoms with Crippen LogP contribution in [0.5, 0.6) is 0 Å². The topological polar surface area (TPSA) is 64.1 Å². The molecule has 0 aliphatic carbocycles. The Labute approximate surface area is 71.0 Å². The summed E-state index contributed by atoms with van der Waals surface area (Å²) in [4.78, 5) is 4.20. The van der Waals surface area contributed by atoms with Crippen molar-refractivity contribution in [3.63, 3.8) is 0 Å². The molecule has 1 aliphatic heterocycles. The van der Waals surface area contributed by atoms with Crippen LogP contribution in [0.25, 0.3) is 0 Å². The molecule has 3 N–H and O–H groups in total. The SMILES string of the molecule is NCc1cnc2n1CCC(O)C2. The van der Waals surface area contributed by atoms with Gasteiger partial charge in [0, 0.05) is 25.7 Å². The Hall–Kier alpha value is -0.870. The van der Waals surface area contributed by atoms with E-state index in [4.69, 9.17) is 5.73 Å². The Morgan fingerprint density at radius 3 is 3.33 bits per heavy atom. The molecule has 1 aromatic rings. The van der Waals surface area contributed by atoms with E-state index in [9.17, 15) is 5.11 Å². The fraction of sp³-hybridized carbons (Fsp3) is 0.625. The minimum absolute atomic E-state index is 0.217. The van der Waals surface area contributed by atoms with Crippen molar-refractivity contribution in [2.75, 3.05) is 0 Å². The van der Waals surface area contributed by atoms with E-state index in [2.05, 4.69) is 9.55 Å². The lowest BCUT2D eigenvalue weighted by molar-refractivity contribution is 0.141. The van der Waals surface area contributed by atoms with Gasteiger partial charge in [0.25, 0.3) is 0 Å². The average Bonchev–Trinajstić information content (AvgIpc) is 2.46. The zero-order chi connectivity index (χ0) is 8.55. The first-order valence-electron chi connectivity index (χ1n) is 4.22. The van der Waals surface area contributed by atoms with E-state index in [1.165, 1.54) is 0 Å². The molecule has 1 aromatic heterocycles. The number of aliphatic hydroxyl groups is 1. The quantitative estimate of drug-likeness (QED) is 0.601. The minimum Gasteiger partial charge on any atom is -0.393 e. The zero-order valence-electron chi connectivity index (χ0n) is 6.90. The van der Waals surface area contributed by atoms with Crippen molar-refractivity contribution in [2.24, 2.45) is 5.73 Å². The van der Waals surface area contributed by atoms with Gasteiger partial charge in [0.2, 0.25) is 0 Å². The van der Waals surface area contributed by atoms with Gasteiger partial charge in [0.15, 0.2) is 0 Å². The van der Waals surface area contributed by atoms with Crippen LogP contribution in [0.3, 0.4) is 0 Å². The molecule has 0 amide bonds. The third-order valence-electron chi connectivity index (χ3n) is 2.33. The van der Waals surface area contributed by atoms with Crippen molar-refractivity contribution in [3.05, 3.63) is 17.7 Å². The van der Waals surface area contributed by atoms with Crippen LogP contribution in [0, 0.1) is 0 Å². The largest absolute Gasteiger partial charge is 0.393 e. The van der Waals surface area contributed by atoms with E-state index in [-0.39, 0.29) is 6.10 Å². The van der Waals surface area contributed by atoms with Gasteiger partial charge in [0.05, 0.1) is 11.8 Å². The van der Waals surface area contributed by atoms with Gasteiger partial charge in [-0.1, -0.05) is 0 Å². The summed E-state index contributed by atoms with van der Waals surface area (Å²) in [5.41, 5.74) is 6.60. The fourth-order valence-electron chi connectivity index (χ4n) is 1.64. The number of imidazole rings is 1. The Morgan fingerprint density at radius 2 is 2.58 bits per heavy atom. The van der Waals surface area contributed by atoms with Crippen LogP contribution >= 0.6 is 0 Å². The molecule has 0 spiro atoms. The fourth-order valence-corrected chi connectivity index (χ4v) is 1.64. The second kappa shape index (κ2) is 2.88. The summed E-state index contributed by atoms with van der Waals surface area (Å²) in [6.07, 6.45) is 3.06. The summed E-state index contributed by atoms with van der Waals surface area (Å²) in [5, 5.41) is 9.35. The van der Waals surface area contributed by atoms with Gasteiger partial charge in [-0.15, -0.1) is 0 Å². The highest BCUT2D eigenvalue weighted by molar-refractivity contribution is 5.08. The summed E-state index contributed by atoms with van der Waals surface area (Å²) in [6, 6.07) is 0.